The highest BCUT2D eigenvalue weighted by Gasteiger charge is 2.33. The van der Waals surface area contributed by atoms with Crippen LogP contribution in [0.4, 0.5) is 19.0 Å². The molecule has 1 heterocycles. The maximum atomic E-state index is 12.4. The van der Waals surface area contributed by atoms with Crippen molar-refractivity contribution in [3.05, 3.63) is 17.0 Å². The van der Waals surface area contributed by atoms with Gasteiger partial charge in [-0.25, -0.2) is 9.97 Å². The van der Waals surface area contributed by atoms with Gasteiger partial charge in [0, 0.05) is 19.2 Å². The van der Waals surface area contributed by atoms with E-state index in [0.29, 0.717) is 19.8 Å². The predicted octanol–water partition coefficient (Wildman–Crippen LogP) is 2.60. The van der Waals surface area contributed by atoms with E-state index in [1.54, 1.807) is 0 Å². The van der Waals surface area contributed by atoms with E-state index in [4.69, 9.17) is 16.3 Å². The van der Waals surface area contributed by atoms with Gasteiger partial charge in [0.1, 0.15) is 5.82 Å². The van der Waals surface area contributed by atoms with Gasteiger partial charge in [0.2, 0.25) is 5.28 Å². The van der Waals surface area contributed by atoms with Gasteiger partial charge in [0.25, 0.3) is 0 Å². The minimum Gasteiger partial charge on any atom is -0.380 e. The zero-order valence-electron chi connectivity index (χ0n) is 9.01. The first-order valence-electron chi connectivity index (χ1n) is 4.87. The van der Waals surface area contributed by atoms with Gasteiger partial charge in [-0.1, -0.05) is 0 Å². The van der Waals surface area contributed by atoms with Gasteiger partial charge >= 0.3 is 6.18 Å². The molecule has 1 aromatic rings. The molecule has 0 radical (unpaired) electrons. The lowest BCUT2D eigenvalue weighted by atomic mass is 10.4. The number of nitrogens with zero attached hydrogens (tertiary/aromatic N) is 2. The van der Waals surface area contributed by atoms with Crippen LogP contribution in [0.2, 0.25) is 5.28 Å². The van der Waals surface area contributed by atoms with Crippen molar-refractivity contribution >= 4 is 17.4 Å². The highest BCUT2D eigenvalue weighted by atomic mass is 35.5. The van der Waals surface area contributed by atoms with E-state index in [9.17, 15) is 13.2 Å². The highest BCUT2D eigenvalue weighted by molar-refractivity contribution is 6.28. The molecule has 0 aromatic carbocycles. The van der Waals surface area contributed by atoms with Gasteiger partial charge in [-0.3, -0.25) is 0 Å². The van der Waals surface area contributed by atoms with Gasteiger partial charge < -0.3 is 10.1 Å². The lowest BCUT2D eigenvalue weighted by Gasteiger charge is -2.09. The number of anilines is 1. The summed E-state index contributed by atoms with van der Waals surface area (Å²) in [7, 11) is 0. The molecular formula is C9H11ClF3N3O. The van der Waals surface area contributed by atoms with Crippen molar-refractivity contribution in [2.75, 3.05) is 25.1 Å². The molecule has 0 saturated heterocycles. The quantitative estimate of drug-likeness (QED) is 0.659. The fraction of sp³-hybridized carbons (Fsp3) is 0.556. The first-order chi connectivity index (χ1) is 7.93. The molecule has 0 aliphatic rings. The average Bonchev–Trinajstić information content (AvgIpc) is 2.22. The van der Waals surface area contributed by atoms with Crippen molar-refractivity contribution in [1.82, 2.24) is 9.97 Å². The summed E-state index contributed by atoms with van der Waals surface area (Å²) in [4.78, 5) is 6.74. The smallest absolute Gasteiger partial charge is 0.380 e. The largest absolute Gasteiger partial charge is 0.433 e. The third kappa shape index (κ3) is 4.74. The third-order valence-electron chi connectivity index (χ3n) is 1.75. The third-order valence-corrected chi connectivity index (χ3v) is 1.91. The Balaban J connectivity index is 2.69. The topological polar surface area (TPSA) is 47.0 Å². The van der Waals surface area contributed by atoms with Crippen LogP contribution in [0.25, 0.3) is 0 Å². The molecule has 96 valence electrons. The summed E-state index contributed by atoms with van der Waals surface area (Å²) >= 11 is 5.40. The van der Waals surface area contributed by atoms with E-state index in [1.807, 2.05) is 6.92 Å². The van der Waals surface area contributed by atoms with Crippen LogP contribution in [0.3, 0.4) is 0 Å². The van der Waals surface area contributed by atoms with Crippen LogP contribution in [0.1, 0.15) is 12.6 Å². The summed E-state index contributed by atoms with van der Waals surface area (Å²) in [5.41, 5.74) is -1.07. The van der Waals surface area contributed by atoms with Crippen molar-refractivity contribution < 1.29 is 17.9 Å². The summed E-state index contributed by atoms with van der Waals surface area (Å²) in [6.07, 6.45) is -4.54. The summed E-state index contributed by atoms with van der Waals surface area (Å²) in [5, 5.41) is 2.23. The lowest BCUT2D eigenvalue weighted by Crippen LogP contribution is -2.13. The normalized spacial score (nSPS) is 11.6. The van der Waals surface area contributed by atoms with Gasteiger partial charge in [0.15, 0.2) is 5.69 Å². The highest BCUT2D eigenvalue weighted by Crippen LogP contribution is 2.29. The average molecular weight is 270 g/mol. The SMILES string of the molecule is CCOCCNc1cc(C(F)(F)F)nc(Cl)n1. The Hall–Kier alpha value is -1.08. The molecule has 0 bridgehead atoms. The number of ether oxygens (including phenoxy) is 1. The predicted molar refractivity (Wildman–Crippen MR) is 57.0 cm³/mol. The fourth-order valence-corrected chi connectivity index (χ4v) is 1.23. The Bertz CT molecular complexity index is 373. The van der Waals surface area contributed by atoms with Gasteiger partial charge in [-0.05, 0) is 18.5 Å². The Morgan fingerprint density at radius 1 is 1.41 bits per heavy atom. The number of rotatable bonds is 5. The lowest BCUT2D eigenvalue weighted by molar-refractivity contribution is -0.141. The monoisotopic (exact) mass is 269 g/mol. The second kappa shape index (κ2) is 6.02. The van der Waals surface area contributed by atoms with E-state index in [0.717, 1.165) is 6.07 Å². The van der Waals surface area contributed by atoms with E-state index in [2.05, 4.69) is 15.3 Å². The number of alkyl halides is 3. The van der Waals surface area contributed by atoms with Crippen molar-refractivity contribution in [3.63, 3.8) is 0 Å². The second-order valence-electron chi connectivity index (χ2n) is 3.03. The molecule has 4 nitrogen and oxygen atoms in total. The molecule has 0 atom stereocenters. The summed E-state index contributed by atoms with van der Waals surface area (Å²) < 4.78 is 42.2. The van der Waals surface area contributed by atoms with Gasteiger partial charge in [-0.15, -0.1) is 0 Å². The molecule has 0 saturated carbocycles. The summed E-state index contributed by atoms with van der Waals surface area (Å²) in [5.74, 6) is 0.0250. The number of hydrogen-bond acceptors (Lipinski definition) is 4. The van der Waals surface area contributed by atoms with Crippen LogP contribution in [0, 0.1) is 0 Å². The number of halogens is 4. The molecule has 0 spiro atoms. The molecule has 0 unspecified atom stereocenters. The molecule has 1 aromatic heterocycles. The second-order valence-corrected chi connectivity index (χ2v) is 3.37. The maximum absolute atomic E-state index is 12.4. The molecule has 1 rings (SSSR count). The standard InChI is InChI=1S/C9H11ClF3N3O/c1-2-17-4-3-14-7-5-6(9(11,12)13)15-8(10)16-7/h5H,2-4H2,1H3,(H,14,15,16). The molecule has 0 amide bonds. The maximum Gasteiger partial charge on any atom is 0.433 e. The van der Waals surface area contributed by atoms with Crippen LogP contribution < -0.4 is 5.32 Å². The Morgan fingerprint density at radius 2 is 2.12 bits per heavy atom. The fourth-order valence-electron chi connectivity index (χ4n) is 1.05. The molecular weight excluding hydrogens is 259 g/mol. The minimum atomic E-state index is -4.54. The number of nitrogens with one attached hydrogen (secondary N) is 1. The van der Waals surface area contributed by atoms with Crippen LogP contribution in [0.15, 0.2) is 6.07 Å². The first kappa shape index (κ1) is 14.0. The summed E-state index contributed by atoms with van der Waals surface area (Å²) in [6, 6.07) is 0.803. The first-order valence-corrected chi connectivity index (χ1v) is 5.24. The van der Waals surface area contributed by atoms with E-state index in [1.165, 1.54) is 0 Å². The van der Waals surface area contributed by atoms with Crippen molar-refractivity contribution in [3.8, 4) is 0 Å². The molecule has 0 aliphatic carbocycles. The molecule has 17 heavy (non-hydrogen) atoms. The Kier molecular flexibility index (Phi) is 4.95. The van der Waals surface area contributed by atoms with Crippen molar-refractivity contribution in [1.29, 1.82) is 0 Å². The van der Waals surface area contributed by atoms with E-state index < -0.39 is 17.2 Å². The Labute approximate surface area is 101 Å². The van der Waals surface area contributed by atoms with Crippen molar-refractivity contribution in [2.45, 2.75) is 13.1 Å². The van der Waals surface area contributed by atoms with Crippen LogP contribution in [-0.4, -0.2) is 29.7 Å². The zero-order valence-corrected chi connectivity index (χ0v) is 9.77. The van der Waals surface area contributed by atoms with Crippen LogP contribution in [-0.2, 0) is 10.9 Å². The number of aromatic nitrogens is 2. The minimum absolute atomic E-state index is 0.0250. The molecule has 0 fully saturated rings. The van der Waals surface area contributed by atoms with Crippen LogP contribution >= 0.6 is 11.6 Å². The van der Waals surface area contributed by atoms with Crippen molar-refractivity contribution in [2.24, 2.45) is 0 Å². The van der Waals surface area contributed by atoms with Gasteiger partial charge in [0.05, 0.1) is 6.61 Å². The van der Waals surface area contributed by atoms with Crippen LogP contribution in [0.5, 0.6) is 0 Å². The molecule has 1 N–H and O–H groups in total. The van der Waals surface area contributed by atoms with E-state index in [-0.39, 0.29) is 5.82 Å². The van der Waals surface area contributed by atoms with E-state index >= 15 is 0 Å². The Morgan fingerprint density at radius 3 is 2.71 bits per heavy atom. The van der Waals surface area contributed by atoms with Gasteiger partial charge in [-0.2, -0.15) is 13.2 Å². The zero-order chi connectivity index (χ0) is 12.9. The molecule has 8 heteroatoms. The molecule has 0 aliphatic heterocycles. The summed E-state index contributed by atoms with van der Waals surface area (Å²) in [6.45, 7) is 3.08. The number of hydrogen-bond donors (Lipinski definition) is 1.